The molecule has 0 radical (unpaired) electrons. The van der Waals surface area contributed by atoms with Crippen LogP contribution in [0, 0.1) is 5.82 Å². The van der Waals surface area contributed by atoms with Gasteiger partial charge in [0.05, 0.1) is 13.2 Å². The van der Waals surface area contributed by atoms with E-state index in [9.17, 15) is 4.39 Å². The van der Waals surface area contributed by atoms with Gasteiger partial charge in [-0.25, -0.2) is 4.39 Å². The molecule has 0 heterocycles. The summed E-state index contributed by atoms with van der Waals surface area (Å²) in [5.41, 5.74) is 0.802. The van der Waals surface area contributed by atoms with Crippen molar-refractivity contribution in [2.24, 2.45) is 0 Å². The Morgan fingerprint density at radius 3 is 2.89 bits per heavy atom. The maximum absolute atomic E-state index is 13.5. The molecule has 5 heteroatoms. The van der Waals surface area contributed by atoms with Gasteiger partial charge >= 0.3 is 0 Å². The molecule has 0 aliphatic rings. The third-order valence-electron chi connectivity index (χ3n) is 2.43. The Morgan fingerprint density at radius 1 is 1.61 bits per heavy atom. The zero-order chi connectivity index (χ0) is 13.5. The minimum Gasteiger partial charge on any atom is -0.494 e. The highest BCUT2D eigenvalue weighted by molar-refractivity contribution is 7.80. The summed E-state index contributed by atoms with van der Waals surface area (Å²) in [5, 5.41) is 6.53. The molecular weight excluding hydrogens is 251 g/mol. The molecule has 1 aromatic carbocycles. The van der Waals surface area contributed by atoms with E-state index in [1.165, 1.54) is 13.2 Å². The lowest BCUT2D eigenvalue weighted by Gasteiger charge is -2.17. The molecule has 0 aliphatic carbocycles. The molecule has 0 saturated carbocycles. The Bertz CT molecular complexity index is 437. The molecule has 0 bridgehead atoms. The molecule has 98 valence electrons. The first-order valence-corrected chi connectivity index (χ1v) is 5.98. The van der Waals surface area contributed by atoms with Crippen LogP contribution < -0.4 is 15.4 Å². The van der Waals surface area contributed by atoms with Crippen molar-refractivity contribution >= 4 is 17.3 Å². The standard InChI is InChI=1S/C13H17FN2OS/c1-4-7-15-13(18)16-9(2)10-5-6-12(17-3)11(14)8-10/h4-6,8-9H,1,7H2,2-3H3,(H2,15,16,18)/t9-/m0/s1. The number of ether oxygens (including phenoxy) is 1. The second-order valence-electron chi connectivity index (χ2n) is 3.76. The molecule has 0 unspecified atom stereocenters. The van der Waals surface area contributed by atoms with Crippen LogP contribution in [-0.2, 0) is 0 Å². The summed E-state index contributed by atoms with van der Waals surface area (Å²) in [6.07, 6.45) is 1.71. The molecule has 0 amide bonds. The molecule has 2 N–H and O–H groups in total. The van der Waals surface area contributed by atoms with Crippen LogP contribution >= 0.6 is 12.2 Å². The molecule has 0 fully saturated rings. The summed E-state index contributed by atoms with van der Waals surface area (Å²) < 4.78 is 18.4. The minimum absolute atomic E-state index is 0.0878. The topological polar surface area (TPSA) is 33.3 Å². The Hall–Kier alpha value is -1.62. The average Bonchev–Trinajstić information content (AvgIpc) is 2.36. The third-order valence-corrected chi connectivity index (χ3v) is 2.69. The zero-order valence-electron chi connectivity index (χ0n) is 10.5. The fourth-order valence-corrected chi connectivity index (χ4v) is 1.71. The van der Waals surface area contributed by atoms with Crippen molar-refractivity contribution in [1.82, 2.24) is 10.6 Å². The predicted octanol–water partition coefficient (Wildman–Crippen LogP) is 2.55. The van der Waals surface area contributed by atoms with Crippen LogP contribution in [0.1, 0.15) is 18.5 Å². The number of benzene rings is 1. The lowest BCUT2D eigenvalue weighted by Crippen LogP contribution is -2.36. The number of hydrogen-bond acceptors (Lipinski definition) is 2. The minimum atomic E-state index is -0.381. The van der Waals surface area contributed by atoms with Crippen molar-refractivity contribution in [3.8, 4) is 5.75 Å². The van der Waals surface area contributed by atoms with Crippen LogP contribution in [-0.4, -0.2) is 18.8 Å². The molecule has 0 aromatic heterocycles. The molecule has 0 aliphatic heterocycles. The van der Waals surface area contributed by atoms with Gasteiger partial charge in [-0.15, -0.1) is 6.58 Å². The van der Waals surface area contributed by atoms with E-state index in [4.69, 9.17) is 17.0 Å². The van der Waals surface area contributed by atoms with Gasteiger partial charge in [-0.05, 0) is 36.8 Å². The van der Waals surface area contributed by atoms with Gasteiger partial charge in [-0.2, -0.15) is 0 Å². The number of methoxy groups -OCH3 is 1. The molecule has 1 atom stereocenters. The molecular formula is C13H17FN2OS. The van der Waals surface area contributed by atoms with E-state index in [0.29, 0.717) is 11.7 Å². The van der Waals surface area contributed by atoms with E-state index < -0.39 is 0 Å². The van der Waals surface area contributed by atoms with Gasteiger partial charge in [0.25, 0.3) is 0 Å². The normalized spacial score (nSPS) is 11.5. The van der Waals surface area contributed by atoms with Crippen LogP contribution in [0.5, 0.6) is 5.75 Å². The van der Waals surface area contributed by atoms with E-state index in [2.05, 4.69) is 17.2 Å². The summed E-state index contributed by atoms with van der Waals surface area (Å²) in [7, 11) is 1.44. The Morgan fingerprint density at radius 2 is 2.33 bits per heavy atom. The summed E-state index contributed by atoms with van der Waals surface area (Å²) >= 11 is 5.09. The van der Waals surface area contributed by atoms with Crippen molar-refractivity contribution in [2.75, 3.05) is 13.7 Å². The first-order chi connectivity index (χ1) is 8.58. The molecule has 1 aromatic rings. The van der Waals surface area contributed by atoms with Crippen molar-refractivity contribution in [3.05, 3.63) is 42.2 Å². The second kappa shape index (κ2) is 6.96. The zero-order valence-corrected chi connectivity index (χ0v) is 11.3. The summed E-state index contributed by atoms with van der Waals surface area (Å²) in [6, 6.07) is 4.75. The smallest absolute Gasteiger partial charge is 0.167 e. The van der Waals surface area contributed by atoms with Crippen molar-refractivity contribution in [2.45, 2.75) is 13.0 Å². The van der Waals surface area contributed by atoms with E-state index in [-0.39, 0.29) is 17.6 Å². The van der Waals surface area contributed by atoms with Gasteiger partial charge in [-0.1, -0.05) is 12.1 Å². The Kier molecular flexibility index (Phi) is 5.58. The lowest BCUT2D eigenvalue weighted by atomic mass is 10.1. The fraction of sp³-hybridized carbons (Fsp3) is 0.308. The first kappa shape index (κ1) is 14.4. The highest BCUT2D eigenvalue weighted by Crippen LogP contribution is 2.21. The van der Waals surface area contributed by atoms with Crippen LogP contribution in [0.3, 0.4) is 0 Å². The predicted molar refractivity (Wildman–Crippen MR) is 75.3 cm³/mol. The molecule has 0 saturated heterocycles. The number of nitrogens with one attached hydrogen (secondary N) is 2. The molecule has 18 heavy (non-hydrogen) atoms. The van der Waals surface area contributed by atoms with Gasteiger partial charge in [0.1, 0.15) is 0 Å². The summed E-state index contributed by atoms with van der Waals surface area (Å²) in [5.74, 6) is -0.146. The van der Waals surface area contributed by atoms with Gasteiger partial charge in [0, 0.05) is 6.54 Å². The quantitative estimate of drug-likeness (QED) is 0.635. The highest BCUT2D eigenvalue weighted by atomic mass is 32.1. The highest BCUT2D eigenvalue weighted by Gasteiger charge is 2.10. The fourth-order valence-electron chi connectivity index (χ4n) is 1.45. The van der Waals surface area contributed by atoms with Gasteiger partial charge in [0.15, 0.2) is 16.7 Å². The van der Waals surface area contributed by atoms with E-state index in [0.717, 1.165) is 5.56 Å². The van der Waals surface area contributed by atoms with Gasteiger partial charge in [-0.3, -0.25) is 0 Å². The van der Waals surface area contributed by atoms with Gasteiger partial charge < -0.3 is 15.4 Å². The Labute approximate surface area is 112 Å². The summed E-state index contributed by atoms with van der Waals surface area (Å²) in [6.45, 7) is 6.09. The van der Waals surface area contributed by atoms with E-state index in [1.807, 2.05) is 6.92 Å². The maximum atomic E-state index is 13.5. The lowest BCUT2D eigenvalue weighted by molar-refractivity contribution is 0.386. The van der Waals surface area contributed by atoms with Crippen LogP contribution in [0.2, 0.25) is 0 Å². The SMILES string of the molecule is C=CCNC(=S)N[C@@H](C)c1ccc(OC)c(F)c1. The summed E-state index contributed by atoms with van der Waals surface area (Å²) in [4.78, 5) is 0. The number of halogens is 1. The average molecular weight is 268 g/mol. The molecule has 3 nitrogen and oxygen atoms in total. The van der Waals surface area contributed by atoms with Crippen LogP contribution in [0.25, 0.3) is 0 Å². The van der Waals surface area contributed by atoms with Crippen LogP contribution in [0.4, 0.5) is 4.39 Å². The first-order valence-electron chi connectivity index (χ1n) is 5.57. The second-order valence-corrected chi connectivity index (χ2v) is 4.17. The third kappa shape index (κ3) is 4.00. The van der Waals surface area contributed by atoms with Crippen LogP contribution in [0.15, 0.2) is 30.9 Å². The number of rotatable bonds is 5. The van der Waals surface area contributed by atoms with Crippen molar-refractivity contribution in [1.29, 1.82) is 0 Å². The Balaban J connectivity index is 2.66. The van der Waals surface area contributed by atoms with Gasteiger partial charge in [0.2, 0.25) is 0 Å². The van der Waals surface area contributed by atoms with E-state index in [1.54, 1.807) is 18.2 Å². The number of hydrogen-bond donors (Lipinski definition) is 2. The van der Waals surface area contributed by atoms with Crippen molar-refractivity contribution < 1.29 is 9.13 Å². The largest absolute Gasteiger partial charge is 0.494 e. The van der Waals surface area contributed by atoms with E-state index >= 15 is 0 Å². The van der Waals surface area contributed by atoms with Crippen molar-refractivity contribution in [3.63, 3.8) is 0 Å². The number of thiocarbonyl (C=S) groups is 1. The monoisotopic (exact) mass is 268 g/mol. The maximum Gasteiger partial charge on any atom is 0.167 e. The molecule has 1 rings (SSSR count). The molecule has 0 spiro atoms.